The number of nitrogens with zero attached hydrogens (tertiary/aromatic N) is 3. The molecule has 0 radical (unpaired) electrons. The van der Waals surface area contributed by atoms with Crippen LogP contribution in [0.4, 0.5) is 17.5 Å². The van der Waals surface area contributed by atoms with E-state index in [4.69, 9.17) is 21.5 Å². The van der Waals surface area contributed by atoms with Crippen molar-refractivity contribution < 1.29 is 17.9 Å². The van der Waals surface area contributed by atoms with Gasteiger partial charge < -0.3 is 20.3 Å². The van der Waals surface area contributed by atoms with Gasteiger partial charge in [0.25, 0.3) is 0 Å². The molecule has 10 nitrogen and oxygen atoms in total. The number of nitrogens with one attached hydrogen (secondary N) is 2. The van der Waals surface area contributed by atoms with Crippen LogP contribution in [0, 0.1) is 5.92 Å². The molecule has 3 atom stereocenters. The topological polar surface area (TPSA) is 140 Å². The molecule has 4 N–H and O–H groups in total. The van der Waals surface area contributed by atoms with Crippen LogP contribution in [0.5, 0.6) is 5.75 Å². The molecule has 1 saturated carbocycles. The van der Waals surface area contributed by atoms with Crippen LogP contribution in [0.1, 0.15) is 63.0 Å². The average molecular weight is 565 g/mol. The van der Waals surface area contributed by atoms with Crippen molar-refractivity contribution in [1.82, 2.24) is 14.9 Å². The van der Waals surface area contributed by atoms with Crippen LogP contribution in [0.25, 0.3) is 0 Å². The number of amides is 1. The molecule has 1 aliphatic heterocycles. The molecule has 1 unspecified atom stereocenters. The highest BCUT2D eigenvalue weighted by Crippen LogP contribution is 2.38. The van der Waals surface area contributed by atoms with E-state index in [1.165, 1.54) is 6.20 Å². The van der Waals surface area contributed by atoms with Gasteiger partial charge in [0.15, 0.2) is 5.82 Å². The summed E-state index contributed by atoms with van der Waals surface area (Å²) in [7, 11) is -2.00. The Hall–Kier alpha value is -2.63. The van der Waals surface area contributed by atoms with E-state index in [1.807, 2.05) is 30.9 Å². The van der Waals surface area contributed by atoms with Gasteiger partial charge in [0.2, 0.25) is 21.9 Å². The number of nitrogens with two attached hydrogens (primary N) is 1. The molecule has 1 amide bonds. The van der Waals surface area contributed by atoms with Crippen molar-refractivity contribution in [3.63, 3.8) is 0 Å². The zero-order chi connectivity index (χ0) is 27.4. The highest BCUT2D eigenvalue weighted by atomic mass is 35.5. The number of primary sulfonamides is 1. The van der Waals surface area contributed by atoms with Gasteiger partial charge in [-0.25, -0.2) is 18.5 Å². The van der Waals surface area contributed by atoms with Crippen LogP contribution in [-0.2, 0) is 21.2 Å². The molecule has 4 rings (SSSR count). The van der Waals surface area contributed by atoms with Gasteiger partial charge in [0.1, 0.15) is 10.8 Å². The Kier molecular flexibility index (Phi) is 9.00. The first kappa shape index (κ1) is 28.4. The second-order valence-corrected chi connectivity index (χ2v) is 12.1. The number of rotatable bonds is 9. The summed E-state index contributed by atoms with van der Waals surface area (Å²) >= 11 is 6.42. The quantitative estimate of drug-likeness (QED) is 0.414. The van der Waals surface area contributed by atoms with Crippen LogP contribution < -0.4 is 20.5 Å². The molecule has 2 aromatic rings. The minimum atomic E-state index is -3.60. The summed E-state index contributed by atoms with van der Waals surface area (Å²) in [5.74, 6) is 1.08. The Morgan fingerprint density at radius 3 is 2.68 bits per heavy atom. The molecule has 1 aliphatic carbocycles. The van der Waals surface area contributed by atoms with Crippen LogP contribution in [0.3, 0.4) is 0 Å². The molecule has 2 aliphatic rings. The van der Waals surface area contributed by atoms with Crippen molar-refractivity contribution in [2.45, 2.75) is 64.3 Å². The molecule has 12 heteroatoms. The number of aromatic nitrogens is 2. The molecule has 2 heterocycles. The Labute approximate surface area is 229 Å². The summed E-state index contributed by atoms with van der Waals surface area (Å²) in [4.78, 5) is 23.9. The van der Waals surface area contributed by atoms with E-state index >= 15 is 0 Å². The van der Waals surface area contributed by atoms with E-state index < -0.39 is 10.0 Å². The van der Waals surface area contributed by atoms with Crippen molar-refractivity contribution in [2.24, 2.45) is 11.1 Å². The Balaban J connectivity index is 1.60. The highest BCUT2D eigenvalue weighted by molar-refractivity contribution is 7.89. The largest absolute Gasteiger partial charge is 0.495 e. The number of halogens is 1. The summed E-state index contributed by atoms with van der Waals surface area (Å²) in [5.41, 5.74) is 2.77. The molecule has 0 spiro atoms. The maximum absolute atomic E-state index is 13.1. The summed E-state index contributed by atoms with van der Waals surface area (Å²) in [6.07, 6.45) is 6.47. The molecule has 0 saturated heterocycles. The number of carbonyl (C=O) groups excluding carboxylic acids is 1. The molecular weight excluding hydrogens is 528 g/mol. The summed E-state index contributed by atoms with van der Waals surface area (Å²) in [5, 5.41) is 12.3. The van der Waals surface area contributed by atoms with E-state index in [9.17, 15) is 13.2 Å². The predicted octanol–water partition coefficient (Wildman–Crippen LogP) is 4.04. The van der Waals surface area contributed by atoms with Gasteiger partial charge in [-0.15, -0.1) is 0 Å². The number of hydrogen-bond acceptors (Lipinski definition) is 8. The number of anilines is 3. The van der Waals surface area contributed by atoms with Gasteiger partial charge >= 0.3 is 0 Å². The first-order valence-electron chi connectivity index (χ1n) is 13.2. The third kappa shape index (κ3) is 6.50. The highest BCUT2D eigenvalue weighted by Gasteiger charge is 2.31. The average Bonchev–Trinajstić information content (AvgIpc) is 3.00. The van der Waals surface area contributed by atoms with Gasteiger partial charge in [0.05, 0.1) is 30.7 Å². The van der Waals surface area contributed by atoms with Crippen molar-refractivity contribution in [1.29, 1.82) is 0 Å². The molecule has 1 aromatic carbocycles. The Morgan fingerprint density at radius 2 is 2.00 bits per heavy atom. The number of fused-ring (bicyclic) bond motifs is 1. The predicted molar refractivity (Wildman–Crippen MR) is 150 cm³/mol. The van der Waals surface area contributed by atoms with E-state index in [0.717, 1.165) is 43.2 Å². The van der Waals surface area contributed by atoms with Crippen LogP contribution >= 0.6 is 11.6 Å². The molecule has 1 aromatic heterocycles. The summed E-state index contributed by atoms with van der Waals surface area (Å²) in [6.45, 7) is 5.37. The van der Waals surface area contributed by atoms with Crippen LogP contribution in [0.15, 0.2) is 18.3 Å². The lowest BCUT2D eigenvalue weighted by Gasteiger charge is -2.32. The first-order valence-corrected chi connectivity index (χ1v) is 15.3. The third-order valence-corrected chi connectivity index (χ3v) is 8.73. The number of benzene rings is 1. The lowest BCUT2D eigenvalue weighted by Crippen LogP contribution is -2.38. The smallest absolute Gasteiger partial charge is 0.230 e. The molecule has 208 valence electrons. The lowest BCUT2D eigenvalue weighted by molar-refractivity contribution is -0.132. The number of hydrogen-bond donors (Lipinski definition) is 3. The van der Waals surface area contributed by atoms with Gasteiger partial charge in [0, 0.05) is 19.1 Å². The second kappa shape index (κ2) is 12.0. The number of ether oxygens (including phenoxy) is 1. The van der Waals surface area contributed by atoms with Crippen molar-refractivity contribution in [3.05, 3.63) is 34.5 Å². The zero-order valence-electron chi connectivity index (χ0n) is 22.2. The fourth-order valence-corrected chi connectivity index (χ4v) is 6.74. The number of carbonyl (C=O) groups is 1. The fraction of sp³-hybridized carbons (Fsp3) is 0.577. The number of sulfonamides is 1. The van der Waals surface area contributed by atoms with Crippen LogP contribution in [-0.4, -0.2) is 61.2 Å². The molecular formula is C26H37ClN6O4S. The summed E-state index contributed by atoms with van der Waals surface area (Å²) in [6, 6.07) is 3.84. The zero-order valence-corrected chi connectivity index (χ0v) is 23.7. The van der Waals surface area contributed by atoms with Gasteiger partial charge in [-0.1, -0.05) is 31.4 Å². The normalized spacial score (nSPS) is 22.0. The van der Waals surface area contributed by atoms with Crippen molar-refractivity contribution >= 4 is 45.0 Å². The van der Waals surface area contributed by atoms with Crippen molar-refractivity contribution in [2.75, 3.05) is 36.6 Å². The maximum atomic E-state index is 13.1. The standard InChI is InChI=1S/C26H37ClN6O4S/c1-4-18-19-13-23(37-3)22(12-16(19)10-11-33(5-2)25(18)34)31-26-29-14-20(27)24(32-26)30-21-9-7-6-8-17(21)15-38(28,35)36/h12-14,17-18,21H,4-11,15H2,1-3H3,(H2,28,35,36)(H2,29,30,31,32)/t17-,18?,21+/m0/s1. The molecule has 38 heavy (non-hydrogen) atoms. The van der Waals surface area contributed by atoms with Gasteiger partial charge in [-0.2, -0.15) is 4.98 Å². The van der Waals surface area contributed by atoms with Crippen LogP contribution in [0.2, 0.25) is 5.02 Å². The number of likely N-dealkylation sites (N-methyl/N-ethyl adjacent to an activating group) is 1. The monoisotopic (exact) mass is 564 g/mol. The Morgan fingerprint density at radius 1 is 1.24 bits per heavy atom. The number of methoxy groups -OCH3 is 1. The second-order valence-electron chi connectivity index (χ2n) is 10.0. The summed E-state index contributed by atoms with van der Waals surface area (Å²) < 4.78 is 29.2. The SMILES string of the molecule is CCC1C(=O)N(CC)CCc2cc(Nc3ncc(Cl)c(N[C@@H]4CCCC[C@H]4CS(N)(=O)=O)n3)c(OC)cc21. The first-order chi connectivity index (χ1) is 18.1. The van der Waals surface area contributed by atoms with E-state index in [0.29, 0.717) is 47.7 Å². The van der Waals surface area contributed by atoms with E-state index in [1.54, 1.807) is 7.11 Å². The van der Waals surface area contributed by atoms with Crippen molar-refractivity contribution in [3.8, 4) is 5.75 Å². The lowest BCUT2D eigenvalue weighted by atomic mass is 9.86. The minimum absolute atomic E-state index is 0.0818. The Bertz CT molecular complexity index is 1270. The third-order valence-electron chi connectivity index (χ3n) is 7.56. The van der Waals surface area contributed by atoms with E-state index in [2.05, 4.69) is 20.6 Å². The molecule has 1 fully saturated rings. The maximum Gasteiger partial charge on any atom is 0.230 e. The van der Waals surface area contributed by atoms with Gasteiger partial charge in [-0.3, -0.25) is 4.79 Å². The van der Waals surface area contributed by atoms with E-state index in [-0.39, 0.29) is 29.5 Å². The van der Waals surface area contributed by atoms with Gasteiger partial charge in [-0.05, 0) is 61.8 Å². The minimum Gasteiger partial charge on any atom is -0.495 e. The molecule has 0 bridgehead atoms. The fourth-order valence-electron chi connectivity index (χ4n) is 5.60.